The van der Waals surface area contributed by atoms with Gasteiger partial charge in [-0.1, -0.05) is 100 Å². The number of aliphatic hydroxyl groups excluding tert-OH is 1. The van der Waals surface area contributed by atoms with Crippen molar-refractivity contribution in [1.82, 2.24) is 51.5 Å². The molecule has 5 heterocycles. The van der Waals surface area contributed by atoms with Gasteiger partial charge in [0.05, 0.1) is 6.10 Å². The summed E-state index contributed by atoms with van der Waals surface area (Å²) in [6.45, 7) is 9.34. The van der Waals surface area contributed by atoms with E-state index in [2.05, 4.69) is 31.9 Å². The molecule has 0 aromatic heterocycles. The third-order valence-electron chi connectivity index (χ3n) is 16.9. The van der Waals surface area contributed by atoms with Gasteiger partial charge in [0.15, 0.2) is 0 Å². The third kappa shape index (κ3) is 15.9. The summed E-state index contributed by atoms with van der Waals surface area (Å²) in [5, 5.41) is 38.6. The number of nitrogens with one attached hydrogen (secondary N) is 6. The first-order valence-corrected chi connectivity index (χ1v) is 30.2. The largest absolute Gasteiger partial charge is 0.508 e. The van der Waals surface area contributed by atoms with E-state index in [0.29, 0.717) is 42.4 Å². The Hall–Kier alpha value is -7.88. The first-order chi connectivity index (χ1) is 40.7. The number of nitrogens with zero attached hydrogens (tertiary/aromatic N) is 4. The molecule has 1 unspecified atom stereocenters. The van der Waals surface area contributed by atoms with Crippen LogP contribution in [0.5, 0.6) is 5.75 Å². The summed E-state index contributed by atoms with van der Waals surface area (Å²) in [7, 11) is 0. The Morgan fingerprint density at radius 3 is 1.12 bits per heavy atom. The van der Waals surface area contributed by atoms with E-state index in [1.54, 1.807) is 54.6 Å². The number of rotatable bonds is 11. The van der Waals surface area contributed by atoms with Crippen LogP contribution in [0.3, 0.4) is 0 Å². The third-order valence-corrected chi connectivity index (χ3v) is 16.9. The van der Waals surface area contributed by atoms with Crippen LogP contribution in [0.15, 0.2) is 84.9 Å². The quantitative estimate of drug-likeness (QED) is 0.136. The van der Waals surface area contributed by atoms with Crippen LogP contribution >= 0.6 is 0 Å². The fourth-order valence-electron chi connectivity index (χ4n) is 12.6. The zero-order chi connectivity index (χ0) is 61.1. The van der Waals surface area contributed by atoms with Crippen molar-refractivity contribution in [2.75, 3.05) is 26.2 Å². The Bertz CT molecular complexity index is 2890. The van der Waals surface area contributed by atoms with Gasteiger partial charge in [-0.2, -0.15) is 0 Å². The lowest BCUT2D eigenvalue weighted by molar-refractivity contribution is -0.147. The van der Waals surface area contributed by atoms with E-state index in [1.807, 2.05) is 45.9 Å². The van der Waals surface area contributed by atoms with Crippen molar-refractivity contribution in [2.45, 2.75) is 185 Å². The maximum absolute atomic E-state index is 15.1. The summed E-state index contributed by atoms with van der Waals surface area (Å²) in [5.74, 6) is -6.80. The van der Waals surface area contributed by atoms with Crippen molar-refractivity contribution in [1.29, 1.82) is 0 Å². The summed E-state index contributed by atoms with van der Waals surface area (Å²) in [4.78, 5) is 153. The zero-order valence-corrected chi connectivity index (χ0v) is 49.4. The second-order valence-electron chi connectivity index (χ2n) is 24.3. The first-order valence-electron chi connectivity index (χ1n) is 30.2. The molecule has 0 saturated carbocycles. The number of fused-ring (bicyclic) bond motifs is 4. The van der Waals surface area contributed by atoms with Gasteiger partial charge in [0, 0.05) is 45.4 Å². The molecule has 458 valence electrons. The summed E-state index contributed by atoms with van der Waals surface area (Å²) in [5.41, 5.74) is 1.95. The number of phenols is 1. The van der Waals surface area contributed by atoms with Crippen molar-refractivity contribution in [2.24, 2.45) is 11.8 Å². The second kappa shape index (κ2) is 28.8. The van der Waals surface area contributed by atoms with E-state index in [4.69, 9.17) is 0 Å². The van der Waals surface area contributed by atoms with Crippen LogP contribution in [0, 0.1) is 11.8 Å². The van der Waals surface area contributed by atoms with Crippen molar-refractivity contribution in [3.8, 4) is 5.75 Å². The van der Waals surface area contributed by atoms with Crippen LogP contribution in [0.25, 0.3) is 0 Å². The van der Waals surface area contributed by atoms with Crippen molar-refractivity contribution < 1.29 is 58.2 Å². The molecule has 0 radical (unpaired) electrons. The van der Waals surface area contributed by atoms with Gasteiger partial charge in [-0.05, 0) is 112 Å². The Kier molecular flexibility index (Phi) is 21.4. The van der Waals surface area contributed by atoms with E-state index in [9.17, 15) is 53.4 Å². The standard InChI is InChI=1S/C63H84N10O12/c1-37(2)32-44-54(76)66-46(33-38(3)4)60(82)70-28-12-20-49(70)57(79)67-47(35-41-18-10-7-11-19-41)61(83)71-29-13-21-50(71)58(80)68-48(36-42-24-26-43(75)27-25-42)62(84)72-30-14-23-52(72)59(81)69-53(39(5)74)63(85)73-31-15-22-51(73)56(78)65-45(55(77)64-44)34-40-16-8-6-9-17-40/h6-11,16-19,24-27,37-39,44-53,74-75H,12-15,20-23,28-36H2,1-5H3,(H,64,77)(H,65,78)(H,66,76)(H,67,79)(H,68,80)(H,69,81)/t39-,44?,45+,46+,47+,48+,49+,50+,51+,52+,53+/m1/s1. The summed E-state index contributed by atoms with van der Waals surface area (Å²) < 4.78 is 0. The molecule has 5 aliphatic heterocycles. The van der Waals surface area contributed by atoms with Crippen molar-refractivity contribution in [3.05, 3.63) is 102 Å². The Morgan fingerprint density at radius 2 is 0.706 bits per heavy atom. The van der Waals surface area contributed by atoms with E-state index >= 15 is 4.79 Å². The Balaban J connectivity index is 1.16. The van der Waals surface area contributed by atoms with E-state index in [0.717, 1.165) is 0 Å². The summed E-state index contributed by atoms with van der Waals surface area (Å²) in [6, 6.07) is 11.9. The SMILES string of the molecule is CC(C)CC1NC(=O)[C@H](Cc2ccccc2)NC(=O)[C@@H]2CCCN2C(=O)[C@H]([C@@H](C)O)NC(=O)[C@@H]2CCCN2C(=O)[C@H](Cc2ccc(O)cc2)NC(=O)[C@@H]2CCCN2C(=O)[C@H](Cc2ccccc2)NC(=O)[C@@H]2CCCN2C(=O)[C@H](CC(C)C)NC1=O. The van der Waals surface area contributed by atoms with Crippen LogP contribution in [0.2, 0.25) is 0 Å². The smallest absolute Gasteiger partial charge is 0.248 e. The van der Waals surface area contributed by atoms with Gasteiger partial charge in [-0.15, -0.1) is 0 Å². The lowest BCUT2D eigenvalue weighted by Crippen LogP contribution is -2.62. The molecule has 22 nitrogen and oxygen atoms in total. The van der Waals surface area contributed by atoms with Gasteiger partial charge < -0.3 is 61.7 Å². The Morgan fingerprint density at radius 1 is 0.388 bits per heavy atom. The molecule has 0 spiro atoms. The molecule has 8 rings (SSSR count). The number of aromatic hydroxyl groups is 1. The minimum Gasteiger partial charge on any atom is -0.508 e. The van der Waals surface area contributed by atoms with Gasteiger partial charge in [0.2, 0.25) is 59.1 Å². The average molecular weight is 1170 g/mol. The first kappa shape index (κ1) is 63.1. The van der Waals surface area contributed by atoms with Crippen LogP contribution in [-0.2, 0) is 67.2 Å². The molecule has 0 aliphatic carbocycles. The maximum atomic E-state index is 15.1. The molecule has 3 aromatic rings. The highest BCUT2D eigenvalue weighted by Gasteiger charge is 2.46. The monoisotopic (exact) mass is 1170 g/mol. The summed E-state index contributed by atoms with van der Waals surface area (Å²) >= 11 is 0. The molecule has 10 amide bonds. The average Bonchev–Trinajstić information content (AvgIpc) is 4.56. The minimum absolute atomic E-state index is 0.0131. The Labute approximate surface area is 496 Å². The van der Waals surface area contributed by atoms with Gasteiger partial charge >= 0.3 is 0 Å². The highest BCUT2D eigenvalue weighted by Crippen LogP contribution is 2.27. The molecule has 22 heteroatoms. The lowest BCUT2D eigenvalue weighted by atomic mass is 9.98. The highest BCUT2D eigenvalue weighted by atomic mass is 16.3. The van der Waals surface area contributed by atoms with E-state index < -0.39 is 126 Å². The van der Waals surface area contributed by atoms with E-state index in [-0.39, 0.29) is 102 Å². The number of phenolic OH excluding ortho intramolecular Hbond substituents is 1. The molecule has 85 heavy (non-hydrogen) atoms. The van der Waals surface area contributed by atoms with E-state index in [1.165, 1.54) is 38.7 Å². The number of aliphatic hydroxyl groups is 1. The van der Waals surface area contributed by atoms with Crippen LogP contribution < -0.4 is 31.9 Å². The van der Waals surface area contributed by atoms with Gasteiger partial charge in [-0.25, -0.2) is 0 Å². The van der Waals surface area contributed by atoms with Gasteiger partial charge in [-0.3, -0.25) is 47.9 Å². The number of benzene rings is 3. The number of hydrogen-bond acceptors (Lipinski definition) is 12. The molecule has 3 aromatic carbocycles. The van der Waals surface area contributed by atoms with Crippen LogP contribution in [-0.4, -0.2) is 182 Å². The number of carbonyl (C=O) groups excluding carboxylic acids is 10. The predicted octanol–water partition coefficient (Wildman–Crippen LogP) is 1.78. The minimum atomic E-state index is -1.57. The van der Waals surface area contributed by atoms with Crippen LogP contribution in [0.4, 0.5) is 0 Å². The summed E-state index contributed by atoms with van der Waals surface area (Å²) in [6.07, 6.45) is 1.19. The van der Waals surface area contributed by atoms with Gasteiger partial charge in [0.1, 0.15) is 66.2 Å². The van der Waals surface area contributed by atoms with Gasteiger partial charge in [0.25, 0.3) is 0 Å². The predicted molar refractivity (Wildman–Crippen MR) is 313 cm³/mol. The number of carbonyl (C=O) groups is 10. The molecule has 5 saturated heterocycles. The van der Waals surface area contributed by atoms with Crippen molar-refractivity contribution in [3.63, 3.8) is 0 Å². The fraction of sp³-hybridized carbons (Fsp3) is 0.556. The molecular formula is C63H84N10O12. The molecule has 5 aliphatic rings. The molecule has 0 bridgehead atoms. The fourth-order valence-corrected chi connectivity index (χ4v) is 12.6. The highest BCUT2D eigenvalue weighted by molar-refractivity contribution is 6.00. The lowest BCUT2D eigenvalue weighted by Gasteiger charge is -2.34. The normalized spacial score (nSPS) is 27.8. The van der Waals surface area contributed by atoms with Crippen LogP contribution in [0.1, 0.15) is 116 Å². The number of amides is 10. The molecule has 8 N–H and O–H groups in total. The molecule has 11 atom stereocenters. The molecule has 5 fully saturated rings. The molecular weight excluding hydrogens is 1090 g/mol. The maximum Gasteiger partial charge on any atom is 0.248 e. The second-order valence-corrected chi connectivity index (χ2v) is 24.3. The van der Waals surface area contributed by atoms with Crippen molar-refractivity contribution >= 4 is 59.1 Å². The zero-order valence-electron chi connectivity index (χ0n) is 49.4. The number of hydrogen-bond donors (Lipinski definition) is 8. The topological polar surface area (TPSA) is 296 Å².